The van der Waals surface area contributed by atoms with Crippen molar-refractivity contribution in [3.05, 3.63) is 54.1 Å². The van der Waals surface area contributed by atoms with Gasteiger partial charge in [-0.2, -0.15) is 0 Å². The summed E-state index contributed by atoms with van der Waals surface area (Å²) in [6, 6.07) is 3.98. The molecule has 3 unspecified atom stereocenters. The summed E-state index contributed by atoms with van der Waals surface area (Å²) < 4.78 is 5.50. The Morgan fingerprint density at radius 1 is 1.11 bits per heavy atom. The second-order valence-corrected chi connectivity index (χ2v) is 12.4. The highest BCUT2D eigenvalue weighted by Crippen LogP contribution is 2.36. The van der Waals surface area contributed by atoms with E-state index in [1.165, 1.54) is 10.6 Å². The molecular formula is C34H51N5O5. The average molecular weight is 610 g/mol. The number of benzene rings is 1. The first-order valence-electron chi connectivity index (χ1n) is 15.8. The van der Waals surface area contributed by atoms with Crippen LogP contribution in [0.15, 0.2) is 37.4 Å². The second-order valence-electron chi connectivity index (χ2n) is 12.4. The van der Waals surface area contributed by atoms with E-state index in [0.717, 1.165) is 24.0 Å². The molecule has 10 heteroatoms. The molecule has 0 radical (unpaired) electrons. The van der Waals surface area contributed by atoms with Gasteiger partial charge in [0.2, 0.25) is 17.7 Å². The number of likely N-dealkylation sites (N-methyl/N-ethyl adjacent to an activating group) is 1. The molecule has 6 atom stereocenters. The summed E-state index contributed by atoms with van der Waals surface area (Å²) in [5, 5.41) is 7.08. The molecule has 1 aliphatic carbocycles. The summed E-state index contributed by atoms with van der Waals surface area (Å²) in [5.74, 6) is -1.82. The highest BCUT2D eigenvalue weighted by Gasteiger charge is 2.37. The van der Waals surface area contributed by atoms with Gasteiger partial charge in [0.25, 0.3) is 5.91 Å². The lowest BCUT2D eigenvalue weighted by atomic mass is 9.97. The zero-order valence-electron chi connectivity index (χ0n) is 27.2. The predicted octanol–water partition coefficient (Wildman–Crippen LogP) is 3.53. The highest BCUT2D eigenvalue weighted by atomic mass is 16.5. The standard InChI is InChI=1S/C34H51N5O5/c1-9-11-14-29(44-8)22(5)31(40)36-30(21(3)4)32(41)35-23(6)33(42)39-19-12-13-27(37-39)34(43)38(7)28-18-17-25-16-15-24(10-2)20-26(25)28/h9-10,15-16,20-23,27-30,37H,1-2,11-14,17-19H2,3-8H3,(H,35,41)(H,36,40)/t22?,23-,27?,28+,29?,30-/m0/s1. The number of nitrogens with one attached hydrogen (secondary N) is 3. The fraction of sp³-hybridized carbons (Fsp3) is 0.588. The minimum absolute atomic E-state index is 0.0319. The van der Waals surface area contributed by atoms with Crippen molar-refractivity contribution in [1.82, 2.24) is 26.0 Å². The average Bonchev–Trinajstić information content (AvgIpc) is 3.45. The van der Waals surface area contributed by atoms with Crippen LogP contribution in [0.25, 0.3) is 6.08 Å². The zero-order chi connectivity index (χ0) is 32.6. The van der Waals surface area contributed by atoms with Crippen molar-refractivity contribution in [3.8, 4) is 0 Å². The number of amides is 4. The smallest absolute Gasteiger partial charge is 0.258 e. The maximum absolute atomic E-state index is 13.6. The molecule has 0 spiro atoms. The van der Waals surface area contributed by atoms with Crippen molar-refractivity contribution in [2.24, 2.45) is 11.8 Å². The number of methoxy groups -OCH3 is 1. The molecule has 3 N–H and O–H groups in total. The van der Waals surface area contributed by atoms with Crippen molar-refractivity contribution in [2.45, 2.75) is 96.5 Å². The number of fused-ring (bicyclic) bond motifs is 1. The molecule has 3 rings (SSSR count). The summed E-state index contributed by atoms with van der Waals surface area (Å²) in [6.07, 6.45) is 7.66. The lowest BCUT2D eigenvalue weighted by Crippen LogP contribution is -2.62. The van der Waals surface area contributed by atoms with Gasteiger partial charge >= 0.3 is 0 Å². The van der Waals surface area contributed by atoms with E-state index in [4.69, 9.17) is 4.74 Å². The monoisotopic (exact) mass is 609 g/mol. The van der Waals surface area contributed by atoms with E-state index in [1.807, 2.05) is 33.0 Å². The van der Waals surface area contributed by atoms with Crippen LogP contribution in [-0.4, -0.2) is 78.5 Å². The third kappa shape index (κ3) is 8.35. The van der Waals surface area contributed by atoms with E-state index in [2.05, 4.69) is 41.3 Å². The molecule has 1 aromatic carbocycles. The zero-order valence-corrected chi connectivity index (χ0v) is 27.2. The van der Waals surface area contributed by atoms with Crippen LogP contribution < -0.4 is 16.1 Å². The molecule has 1 heterocycles. The molecule has 1 saturated heterocycles. The predicted molar refractivity (Wildman–Crippen MR) is 172 cm³/mol. The van der Waals surface area contributed by atoms with Gasteiger partial charge in [-0.05, 0) is 74.1 Å². The SMILES string of the molecule is C=CCCC(OC)C(C)C(=O)N[C@H](C(=O)N[C@@H](C)C(=O)N1CCCC(C(=O)N(C)[C@@H]2CCc3ccc(C=C)cc32)N1)C(C)C. The summed E-state index contributed by atoms with van der Waals surface area (Å²) >= 11 is 0. The van der Waals surface area contributed by atoms with Crippen LogP contribution in [0.1, 0.15) is 82.5 Å². The lowest BCUT2D eigenvalue weighted by molar-refractivity contribution is -0.146. The Balaban J connectivity index is 1.60. The molecular weight excluding hydrogens is 558 g/mol. The van der Waals surface area contributed by atoms with Crippen molar-refractivity contribution >= 4 is 29.7 Å². The first kappa shape index (κ1) is 35.0. The summed E-state index contributed by atoms with van der Waals surface area (Å²) in [4.78, 5) is 55.1. The number of hydrazine groups is 1. The molecule has 10 nitrogen and oxygen atoms in total. The van der Waals surface area contributed by atoms with Crippen molar-refractivity contribution in [1.29, 1.82) is 0 Å². The maximum Gasteiger partial charge on any atom is 0.258 e. The minimum Gasteiger partial charge on any atom is -0.381 e. The quantitative estimate of drug-likeness (QED) is 0.278. The van der Waals surface area contributed by atoms with E-state index in [1.54, 1.807) is 31.9 Å². The van der Waals surface area contributed by atoms with Crippen LogP contribution in [0.2, 0.25) is 0 Å². The Kier molecular flexibility index (Phi) is 12.7. The molecule has 242 valence electrons. The van der Waals surface area contributed by atoms with Crippen molar-refractivity contribution in [2.75, 3.05) is 20.7 Å². The topological polar surface area (TPSA) is 120 Å². The first-order valence-corrected chi connectivity index (χ1v) is 15.8. The maximum atomic E-state index is 13.6. The van der Waals surface area contributed by atoms with Gasteiger partial charge in [-0.1, -0.05) is 51.6 Å². The molecule has 2 aliphatic rings. The molecule has 1 aliphatic heterocycles. The Bertz CT molecular complexity index is 1220. The van der Waals surface area contributed by atoms with Gasteiger partial charge in [-0.25, -0.2) is 5.43 Å². The summed E-state index contributed by atoms with van der Waals surface area (Å²) in [7, 11) is 3.39. The fourth-order valence-electron chi connectivity index (χ4n) is 6.09. The van der Waals surface area contributed by atoms with Gasteiger partial charge in [0.1, 0.15) is 18.1 Å². The van der Waals surface area contributed by atoms with Crippen molar-refractivity contribution in [3.63, 3.8) is 0 Å². The molecule has 44 heavy (non-hydrogen) atoms. The van der Waals surface area contributed by atoms with Crippen LogP contribution in [0.5, 0.6) is 0 Å². The van der Waals surface area contributed by atoms with Crippen LogP contribution >= 0.6 is 0 Å². The lowest BCUT2D eigenvalue weighted by Gasteiger charge is -2.37. The molecule has 4 amide bonds. The fourth-order valence-corrected chi connectivity index (χ4v) is 6.09. The Hall–Kier alpha value is -3.50. The van der Waals surface area contributed by atoms with Crippen LogP contribution in [0, 0.1) is 11.8 Å². The second kappa shape index (κ2) is 16.0. The van der Waals surface area contributed by atoms with Crippen LogP contribution in [0.4, 0.5) is 0 Å². The van der Waals surface area contributed by atoms with E-state index in [9.17, 15) is 19.2 Å². The Morgan fingerprint density at radius 3 is 2.48 bits per heavy atom. The number of hydrogen-bond acceptors (Lipinski definition) is 6. The van der Waals surface area contributed by atoms with Gasteiger partial charge < -0.3 is 20.3 Å². The van der Waals surface area contributed by atoms with E-state index >= 15 is 0 Å². The van der Waals surface area contributed by atoms with Gasteiger partial charge in [0.15, 0.2) is 0 Å². The number of nitrogens with zero attached hydrogens (tertiary/aromatic N) is 2. The van der Waals surface area contributed by atoms with Gasteiger partial charge in [0.05, 0.1) is 18.1 Å². The number of hydrogen-bond donors (Lipinski definition) is 3. The summed E-state index contributed by atoms with van der Waals surface area (Å²) in [5.41, 5.74) is 6.54. The van der Waals surface area contributed by atoms with Crippen molar-refractivity contribution < 1.29 is 23.9 Å². The van der Waals surface area contributed by atoms with E-state index in [-0.39, 0.29) is 35.8 Å². The molecule has 0 aromatic heterocycles. The van der Waals surface area contributed by atoms with Gasteiger partial charge in [0, 0.05) is 20.7 Å². The van der Waals surface area contributed by atoms with Crippen LogP contribution in [-0.2, 0) is 30.3 Å². The van der Waals surface area contributed by atoms with Gasteiger partial charge in [-0.15, -0.1) is 6.58 Å². The molecule has 1 fully saturated rings. The third-order valence-corrected chi connectivity index (χ3v) is 8.92. The number of rotatable bonds is 14. The Morgan fingerprint density at radius 2 is 1.84 bits per heavy atom. The number of carbonyl (C=O) groups excluding carboxylic acids is 4. The highest BCUT2D eigenvalue weighted by molar-refractivity contribution is 5.92. The van der Waals surface area contributed by atoms with E-state index in [0.29, 0.717) is 32.2 Å². The first-order chi connectivity index (χ1) is 20.9. The molecule has 0 bridgehead atoms. The summed E-state index contributed by atoms with van der Waals surface area (Å²) in [6.45, 7) is 15.1. The normalized spacial score (nSPS) is 20.6. The minimum atomic E-state index is -0.865. The Labute approximate surface area is 262 Å². The number of allylic oxidation sites excluding steroid dienone is 1. The van der Waals surface area contributed by atoms with Gasteiger partial charge in [-0.3, -0.25) is 24.2 Å². The number of carbonyl (C=O) groups is 4. The largest absolute Gasteiger partial charge is 0.381 e. The third-order valence-electron chi connectivity index (χ3n) is 8.92. The van der Waals surface area contributed by atoms with Crippen LogP contribution in [0.3, 0.4) is 0 Å². The molecule has 0 saturated carbocycles. The van der Waals surface area contributed by atoms with E-state index < -0.39 is 30.0 Å². The number of aryl methyl sites for hydroxylation is 1. The molecule has 1 aromatic rings. The number of ether oxygens (including phenoxy) is 1.